The van der Waals surface area contributed by atoms with E-state index in [1.807, 2.05) is 0 Å². The Labute approximate surface area is 315 Å². The fourth-order valence-corrected chi connectivity index (χ4v) is 6.24. The Morgan fingerprint density at radius 1 is 0.471 bits per heavy atom. The lowest BCUT2D eigenvalue weighted by Gasteiger charge is -2.27. The monoisotopic (exact) mass is 718 g/mol. The van der Waals surface area contributed by atoms with Crippen molar-refractivity contribution in [1.29, 1.82) is 0 Å². The zero-order valence-corrected chi connectivity index (χ0v) is 33.3. The Morgan fingerprint density at radius 2 is 0.843 bits per heavy atom. The van der Waals surface area contributed by atoms with Crippen LogP contribution in [0.25, 0.3) is 0 Å². The molecule has 1 amide bonds. The summed E-state index contributed by atoms with van der Waals surface area (Å²) in [7, 11) is 0. The smallest absolute Gasteiger partial charge is 0.249 e. The van der Waals surface area contributed by atoms with Crippen LogP contribution in [0.15, 0.2) is 48.6 Å². The van der Waals surface area contributed by atoms with Crippen LogP contribution < -0.4 is 5.32 Å². The Hall–Kier alpha value is -1.73. The predicted molar refractivity (Wildman–Crippen MR) is 219 cm³/mol. The standard InChI is InChI=1S/C45H83NO5/c1-3-5-7-9-11-13-14-15-16-17-18-19-20-21-22-23-24-25-26-27-28-29-31-32-34-36-38-42(48)44(50)41(40-47)46-45(51)43(49)39-37-35-33-30-12-10-8-6-4-2/h10,12,22-23,26-27,31-32,41-44,47-50H,3-9,11,13-21,24-25,28-30,33-40H2,1-2H3,(H,46,51)/b12-10-,23-22+,27-26+,32-31+. The van der Waals surface area contributed by atoms with E-state index >= 15 is 0 Å². The van der Waals surface area contributed by atoms with Gasteiger partial charge in [-0.3, -0.25) is 4.79 Å². The van der Waals surface area contributed by atoms with Gasteiger partial charge in [0, 0.05) is 0 Å². The third-order valence-electron chi connectivity index (χ3n) is 9.72. The van der Waals surface area contributed by atoms with Crippen molar-refractivity contribution in [2.75, 3.05) is 6.61 Å². The highest BCUT2D eigenvalue weighted by Crippen LogP contribution is 2.14. The second kappa shape index (κ2) is 39.5. The molecule has 0 aromatic carbocycles. The maximum Gasteiger partial charge on any atom is 0.249 e. The van der Waals surface area contributed by atoms with Crippen molar-refractivity contribution >= 4 is 5.91 Å². The molecule has 298 valence electrons. The molecule has 0 heterocycles. The molecule has 0 bridgehead atoms. The van der Waals surface area contributed by atoms with E-state index in [4.69, 9.17) is 0 Å². The van der Waals surface area contributed by atoms with Crippen molar-refractivity contribution in [2.24, 2.45) is 0 Å². The van der Waals surface area contributed by atoms with Gasteiger partial charge in [0.25, 0.3) is 0 Å². The van der Waals surface area contributed by atoms with Gasteiger partial charge in [-0.2, -0.15) is 0 Å². The lowest BCUT2D eigenvalue weighted by Crippen LogP contribution is -2.53. The van der Waals surface area contributed by atoms with Gasteiger partial charge in [-0.05, 0) is 83.5 Å². The molecule has 4 atom stereocenters. The molecule has 51 heavy (non-hydrogen) atoms. The fourth-order valence-electron chi connectivity index (χ4n) is 6.24. The second-order valence-electron chi connectivity index (χ2n) is 14.7. The van der Waals surface area contributed by atoms with Crippen LogP contribution in [0.5, 0.6) is 0 Å². The summed E-state index contributed by atoms with van der Waals surface area (Å²) in [6.07, 6.45) is 47.4. The molecule has 5 N–H and O–H groups in total. The van der Waals surface area contributed by atoms with Crippen LogP contribution in [0.3, 0.4) is 0 Å². The Morgan fingerprint density at radius 3 is 1.29 bits per heavy atom. The van der Waals surface area contributed by atoms with E-state index in [2.05, 4.69) is 67.8 Å². The third-order valence-corrected chi connectivity index (χ3v) is 9.72. The molecule has 4 unspecified atom stereocenters. The number of hydrogen-bond donors (Lipinski definition) is 5. The van der Waals surface area contributed by atoms with Gasteiger partial charge in [-0.1, -0.05) is 165 Å². The first-order valence-corrected chi connectivity index (χ1v) is 21.5. The molecule has 0 radical (unpaired) electrons. The first-order valence-electron chi connectivity index (χ1n) is 21.5. The van der Waals surface area contributed by atoms with E-state index < -0.39 is 36.9 Å². The average Bonchev–Trinajstić information content (AvgIpc) is 3.13. The van der Waals surface area contributed by atoms with Gasteiger partial charge in [0.15, 0.2) is 0 Å². The summed E-state index contributed by atoms with van der Waals surface area (Å²) in [4.78, 5) is 12.4. The highest BCUT2D eigenvalue weighted by molar-refractivity contribution is 5.80. The Balaban J connectivity index is 3.78. The molecule has 0 aliphatic rings. The molecule has 0 aliphatic heterocycles. The van der Waals surface area contributed by atoms with Crippen LogP contribution in [-0.2, 0) is 4.79 Å². The molecule has 0 aromatic heterocycles. The van der Waals surface area contributed by atoms with Gasteiger partial charge in [-0.25, -0.2) is 0 Å². The van der Waals surface area contributed by atoms with Gasteiger partial charge in [-0.15, -0.1) is 0 Å². The number of aliphatic hydroxyl groups is 4. The van der Waals surface area contributed by atoms with E-state index in [0.29, 0.717) is 19.3 Å². The van der Waals surface area contributed by atoms with Gasteiger partial charge >= 0.3 is 0 Å². The molecule has 0 rings (SSSR count). The molecule has 0 aliphatic carbocycles. The minimum atomic E-state index is -1.30. The van der Waals surface area contributed by atoms with E-state index in [1.54, 1.807) is 0 Å². The summed E-state index contributed by atoms with van der Waals surface area (Å²) in [5, 5.41) is 43.4. The summed E-state index contributed by atoms with van der Waals surface area (Å²) >= 11 is 0. The zero-order valence-electron chi connectivity index (χ0n) is 33.3. The topological polar surface area (TPSA) is 110 Å². The molecular weight excluding hydrogens is 634 g/mol. The van der Waals surface area contributed by atoms with Gasteiger partial charge in [0.1, 0.15) is 12.2 Å². The Bertz CT molecular complexity index is 854. The van der Waals surface area contributed by atoms with Gasteiger partial charge < -0.3 is 25.7 Å². The summed E-state index contributed by atoms with van der Waals surface area (Å²) in [6, 6.07) is -1.02. The van der Waals surface area contributed by atoms with Crippen molar-refractivity contribution in [2.45, 2.75) is 224 Å². The van der Waals surface area contributed by atoms with E-state index in [0.717, 1.165) is 64.2 Å². The van der Waals surface area contributed by atoms with E-state index in [1.165, 1.54) is 103 Å². The summed E-state index contributed by atoms with van der Waals surface area (Å²) < 4.78 is 0. The third kappa shape index (κ3) is 33.8. The molecule has 6 heteroatoms. The van der Waals surface area contributed by atoms with E-state index in [-0.39, 0.29) is 0 Å². The molecule has 6 nitrogen and oxygen atoms in total. The van der Waals surface area contributed by atoms with Crippen molar-refractivity contribution in [3.63, 3.8) is 0 Å². The van der Waals surface area contributed by atoms with Crippen molar-refractivity contribution < 1.29 is 25.2 Å². The zero-order chi connectivity index (χ0) is 37.5. The SMILES string of the molecule is CCCC/C=C\CCCCCC(O)C(=O)NC(CO)C(O)C(O)CCC/C=C/CC/C=C/CC/C=C/CCCCCCCCCCCCCCC. The van der Waals surface area contributed by atoms with Crippen molar-refractivity contribution in [1.82, 2.24) is 5.32 Å². The summed E-state index contributed by atoms with van der Waals surface area (Å²) in [5.74, 6) is -0.617. The van der Waals surface area contributed by atoms with Crippen LogP contribution in [-0.4, -0.2) is 57.3 Å². The van der Waals surface area contributed by atoms with E-state index in [9.17, 15) is 25.2 Å². The van der Waals surface area contributed by atoms with Crippen molar-refractivity contribution in [3.8, 4) is 0 Å². The number of amides is 1. The first kappa shape index (κ1) is 49.3. The van der Waals surface area contributed by atoms with Crippen LogP contribution in [0, 0.1) is 0 Å². The number of allylic oxidation sites excluding steroid dienone is 8. The number of rotatable bonds is 38. The number of nitrogens with one attached hydrogen (secondary N) is 1. The number of aliphatic hydroxyl groups excluding tert-OH is 4. The minimum absolute atomic E-state index is 0.335. The summed E-state index contributed by atoms with van der Waals surface area (Å²) in [5.41, 5.74) is 0. The molecule has 0 aromatic rings. The molecule has 0 fully saturated rings. The van der Waals surface area contributed by atoms with Crippen LogP contribution in [0.1, 0.15) is 200 Å². The largest absolute Gasteiger partial charge is 0.394 e. The fraction of sp³-hybridized carbons (Fsp3) is 0.800. The van der Waals surface area contributed by atoms with Crippen LogP contribution in [0.2, 0.25) is 0 Å². The number of carbonyl (C=O) groups is 1. The first-order chi connectivity index (χ1) is 25.0. The normalized spacial score (nSPS) is 14.7. The Kier molecular flexibility index (Phi) is 38.1. The number of carbonyl (C=O) groups excluding carboxylic acids is 1. The lowest BCUT2D eigenvalue weighted by molar-refractivity contribution is -0.132. The number of unbranched alkanes of at least 4 members (excludes halogenated alkanes) is 21. The molecular formula is C45H83NO5. The van der Waals surface area contributed by atoms with Crippen molar-refractivity contribution in [3.05, 3.63) is 48.6 Å². The second-order valence-corrected chi connectivity index (χ2v) is 14.7. The molecule has 0 spiro atoms. The van der Waals surface area contributed by atoms with Crippen LogP contribution >= 0.6 is 0 Å². The highest BCUT2D eigenvalue weighted by Gasteiger charge is 2.28. The molecule has 0 saturated carbocycles. The summed E-state index contributed by atoms with van der Waals surface area (Å²) in [6.45, 7) is 3.96. The quantitative estimate of drug-likeness (QED) is 0.0323. The highest BCUT2D eigenvalue weighted by atomic mass is 16.3. The van der Waals surface area contributed by atoms with Gasteiger partial charge in [0.05, 0.1) is 18.8 Å². The molecule has 0 saturated heterocycles. The predicted octanol–water partition coefficient (Wildman–Crippen LogP) is 11.1. The van der Waals surface area contributed by atoms with Crippen LogP contribution in [0.4, 0.5) is 0 Å². The number of hydrogen-bond acceptors (Lipinski definition) is 5. The average molecular weight is 718 g/mol. The van der Waals surface area contributed by atoms with Gasteiger partial charge in [0.2, 0.25) is 5.91 Å². The maximum atomic E-state index is 12.4. The lowest BCUT2D eigenvalue weighted by atomic mass is 10.00. The maximum absolute atomic E-state index is 12.4. The minimum Gasteiger partial charge on any atom is -0.394 e.